The van der Waals surface area contributed by atoms with E-state index in [4.69, 9.17) is 23.2 Å². The zero-order valence-electron chi connectivity index (χ0n) is 13.5. The molecule has 0 aliphatic rings. The molecule has 0 spiro atoms. The number of hydrogen-bond acceptors (Lipinski definition) is 2. The van der Waals surface area contributed by atoms with Crippen LogP contribution in [0.5, 0.6) is 0 Å². The lowest BCUT2D eigenvalue weighted by Crippen LogP contribution is -2.14. The van der Waals surface area contributed by atoms with Gasteiger partial charge in [0, 0.05) is 17.7 Å². The first kappa shape index (κ1) is 18.2. The van der Waals surface area contributed by atoms with Crippen molar-refractivity contribution in [3.63, 3.8) is 0 Å². The molecule has 3 aromatic rings. The first-order chi connectivity index (χ1) is 12.5. The molecule has 0 saturated heterocycles. The van der Waals surface area contributed by atoms with Crippen molar-refractivity contribution in [3.05, 3.63) is 87.8 Å². The van der Waals surface area contributed by atoms with E-state index in [9.17, 15) is 9.18 Å². The third kappa shape index (κ3) is 4.31. The van der Waals surface area contributed by atoms with Gasteiger partial charge in [0.05, 0.1) is 22.8 Å². The number of hydrogen-bond donors (Lipinski definition) is 1. The van der Waals surface area contributed by atoms with Gasteiger partial charge in [0.1, 0.15) is 11.6 Å². The summed E-state index contributed by atoms with van der Waals surface area (Å²) in [6.45, 7) is 0.346. The van der Waals surface area contributed by atoms with Gasteiger partial charge in [0.15, 0.2) is 0 Å². The van der Waals surface area contributed by atoms with Crippen LogP contribution in [0.15, 0.2) is 60.8 Å². The third-order valence-corrected chi connectivity index (χ3v) is 4.50. The minimum atomic E-state index is -0.396. The van der Waals surface area contributed by atoms with Crippen LogP contribution < -0.4 is 5.32 Å². The molecule has 132 valence electrons. The topological polar surface area (TPSA) is 46.9 Å². The van der Waals surface area contributed by atoms with Gasteiger partial charge in [-0.05, 0) is 23.8 Å². The molecule has 0 aliphatic carbocycles. The number of nitrogens with one attached hydrogen (secondary N) is 1. The maximum atomic E-state index is 13.6. The molecule has 1 heterocycles. The number of nitrogens with zero attached hydrogens (tertiary/aromatic N) is 2. The Morgan fingerprint density at radius 2 is 1.96 bits per heavy atom. The van der Waals surface area contributed by atoms with Crippen LogP contribution in [0.2, 0.25) is 10.0 Å². The van der Waals surface area contributed by atoms with Crippen LogP contribution in [0.4, 0.5) is 10.2 Å². The molecule has 3 rings (SSSR count). The number of halogens is 3. The lowest BCUT2D eigenvalue weighted by atomic mass is 10.2. The second-order valence-electron chi connectivity index (χ2n) is 5.43. The zero-order valence-corrected chi connectivity index (χ0v) is 15.0. The fourth-order valence-corrected chi connectivity index (χ4v) is 2.72. The van der Waals surface area contributed by atoms with Crippen LogP contribution in [-0.4, -0.2) is 15.7 Å². The summed E-state index contributed by atoms with van der Waals surface area (Å²) in [5.74, 6) is -0.298. The van der Waals surface area contributed by atoms with Crippen LogP contribution in [0.1, 0.15) is 11.1 Å². The van der Waals surface area contributed by atoms with Crippen molar-refractivity contribution in [3.8, 4) is 0 Å². The van der Waals surface area contributed by atoms with Crippen molar-refractivity contribution in [1.82, 2.24) is 9.78 Å². The van der Waals surface area contributed by atoms with Gasteiger partial charge in [-0.15, -0.1) is 0 Å². The Labute approximate surface area is 159 Å². The van der Waals surface area contributed by atoms with Gasteiger partial charge in [0.25, 0.3) is 0 Å². The third-order valence-electron chi connectivity index (χ3n) is 3.64. The van der Waals surface area contributed by atoms with Crippen molar-refractivity contribution in [2.45, 2.75) is 6.54 Å². The Balaban J connectivity index is 1.72. The molecule has 0 bridgehead atoms. The smallest absolute Gasteiger partial charge is 0.249 e. The summed E-state index contributed by atoms with van der Waals surface area (Å²) in [4.78, 5) is 12.1. The Kier molecular flexibility index (Phi) is 5.71. The van der Waals surface area contributed by atoms with Crippen molar-refractivity contribution in [2.75, 3.05) is 5.32 Å². The molecule has 1 aromatic heterocycles. The molecule has 0 unspecified atom stereocenters. The number of benzene rings is 2. The number of carbonyl (C=O) groups excluding carboxylic acids is 1. The van der Waals surface area contributed by atoms with Crippen LogP contribution >= 0.6 is 23.2 Å². The molecule has 0 fully saturated rings. The molecular weight excluding hydrogens is 376 g/mol. The minimum Gasteiger partial charge on any atom is -0.307 e. The molecule has 26 heavy (non-hydrogen) atoms. The predicted molar refractivity (Wildman–Crippen MR) is 102 cm³/mol. The van der Waals surface area contributed by atoms with Crippen molar-refractivity contribution < 1.29 is 9.18 Å². The standard InChI is InChI=1S/C19H14Cl2FN3O/c20-15-6-3-5-14(19(15)21)12-25-17(10-11-23-25)24-18(26)9-8-13-4-1-2-7-16(13)22/h1-11H,12H2,(H,24,26)/b9-8+. The summed E-state index contributed by atoms with van der Waals surface area (Å²) in [6, 6.07) is 13.2. The number of amides is 1. The molecule has 1 N–H and O–H groups in total. The fraction of sp³-hybridized carbons (Fsp3) is 0.0526. The SMILES string of the molecule is O=C(/C=C/c1ccccc1F)Nc1ccnn1Cc1cccc(Cl)c1Cl. The van der Waals surface area contributed by atoms with E-state index in [0.29, 0.717) is 28.0 Å². The van der Waals surface area contributed by atoms with Gasteiger partial charge in [-0.2, -0.15) is 5.10 Å². The van der Waals surface area contributed by atoms with Crippen LogP contribution in [0, 0.1) is 5.82 Å². The Bertz CT molecular complexity index is 969. The van der Waals surface area contributed by atoms with E-state index in [1.165, 1.54) is 18.2 Å². The summed E-state index contributed by atoms with van der Waals surface area (Å²) in [6.07, 6.45) is 4.25. The van der Waals surface area contributed by atoms with Gasteiger partial charge >= 0.3 is 0 Å². The molecule has 4 nitrogen and oxygen atoms in total. The maximum absolute atomic E-state index is 13.6. The highest BCUT2D eigenvalue weighted by Crippen LogP contribution is 2.26. The Morgan fingerprint density at radius 3 is 2.77 bits per heavy atom. The number of rotatable bonds is 5. The predicted octanol–water partition coefficient (Wildman–Crippen LogP) is 5.03. The van der Waals surface area contributed by atoms with E-state index in [1.54, 1.807) is 47.3 Å². The van der Waals surface area contributed by atoms with E-state index in [1.807, 2.05) is 6.07 Å². The first-order valence-electron chi connectivity index (χ1n) is 7.73. The zero-order chi connectivity index (χ0) is 18.5. The van der Waals surface area contributed by atoms with Gasteiger partial charge in [-0.1, -0.05) is 53.5 Å². The average Bonchev–Trinajstić information content (AvgIpc) is 3.05. The van der Waals surface area contributed by atoms with E-state index < -0.39 is 11.7 Å². The fourth-order valence-electron chi connectivity index (χ4n) is 2.34. The molecule has 0 atom stereocenters. The van der Waals surface area contributed by atoms with Crippen LogP contribution in [0.25, 0.3) is 6.08 Å². The monoisotopic (exact) mass is 389 g/mol. The average molecular weight is 390 g/mol. The van der Waals surface area contributed by atoms with Crippen LogP contribution in [-0.2, 0) is 11.3 Å². The molecule has 1 amide bonds. The number of carbonyl (C=O) groups is 1. The Morgan fingerprint density at radius 1 is 1.15 bits per heavy atom. The highest BCUT2D eigenvalue weighted by molar-refractivity contribution is 6.42. The Hall–Kier alpha value is -2.63. The van der Waals surface area contributed by atoms with Crippen molar-refractivity contribution >= 4 is 41.0 Å². The highest BCUT2D eigenvalue weighted by atomic mass is 35.5. The van der Waals surface area contributed by atoms with Gasteiger partial charge in [0.2, 0.25) is 5.91 Å². The number of anilines is 1. The minimum absolute atomic E-state index is 0.335. The van der Waals surface area contributed by atoms with Gasteiger partial charge < -0.3 is 5.32 Å². The first-order valence-corrected chi connectivity index (χ1v) is 8.48. The maximum Gasteiger partial charge on any atom is 0.249 e. The molecular formula is C19H14Cl2FN3O. The number of aromatic nitrogens is 2. The van der Waals surface area contributed by atoms with Crippen molar-refractivity contribution in [1.29, 1.82) is 0 Å². The quantitative estimate of drug-likeness (QED) is 0.622. The van der Waals surface area contributed by atoms with E-state index in [2.05, 4.69) is 10.4 Å². The normalized spacial score (nSPS) is 11.0. The molecule has 0 saturated carbocycles. The molecule has 2 aromatic carbocycles. The second kappa shape index (κ2) is 8.17. The van der Waals surface area contributed by atoms with E-state index in [0.717, 1.165) is 5.56 Å². The van der Waals surface area contributed by atoms with E-state index in [-0.39, 0.29) is 0 Å². The van der Waals surface area contributed by atoms with Gasteiger partial charge in [-0.25, -0.2) is 9.07 Å². The summed E-state index contributed by atoms with van der Waals surface area (Å²) in [5.41, 5.74) is 1.11. The largest absolute Gasteiger partial charge is 0.307 e. The summed E-state index contributed by atoms with van der Waals surface area (Å²) in [7, 11) is 0. The van der Waals surface area contributed by atoms with Crippen LogP contribution in [0.3, 0.4) is 0 Å². The summed E-state index contributed by atoms with van der Waals surface area (Å²) < 4.78 is 15.2. The van der Waals surface area contributed by atoms with E-state index >= 15 is 0 Å². The molecule has 0 radical (unpaired) electrons. The lowest BCUT2D eigenvalue weighted by Gasteiger charge is -2.10. The highest BCUT2D eigenvalue weighted by Gasteiger charge is 2.10. The summed E-state index contributed by atoms with van der Waals surface area (Å²) >= 11 is 12.2. The molecule has 7 heteroatoms. The summed E-state index contributed by atoms with van der Waals surface area (Å²) in [5, 5.41) is 7.79. The lowest BCUT2D eigenvalue weighted by molar-refractivity contribution is -0.111. The molecule has 0 aliphatic heterocycles. The second-order valence-corrected chi connectivity index (χ2v) is 6.22. The van der Waals surface area contributed by atoms with Crippen molar-refractivity contribution in [2.24, 2.45) is 0 Å². The van der Waals surface area contributed by atoms with Gasteiger partial charge in [-0.3, -0.25) is 4.79 Å².